The third-order valence-corrected chi connectivity index (χ3v) is 3.05. The van der Waals surface area contributed by atoms with Gasteiger partial charge in [0.2, 0.25) is 0 Å². The van der Waals surface area contributed by atoms with Gasteiger partial charge in [0.1, 0.15) is 6.61 Å². The van der Waals surface area contributed by atoms with Crippen LogP contribution in [0.1, 0.15) is 17.2 Å². The molecule has 1 unspecified atom stereocenters. The number of hydrogen-bond acceptors (Lipinski definition) is 4. The van der Waals surface area contributed by atoms with E-state index in [0.717, 1.165) is 11.1 Å². The highest BCUT2D eigenvalue weighted by Gasteiger charge is 2.28. The molecule has 0 radical (unpaired) electrons. The molecule has 0 aliphatic heterocycles. The van der Waals surface area contributed by atoms with Crippen LogP contribution in [-0.4, -0.2) is 40.7 Å². The van der Waals surface area contributed by atoms with Crippen LogP contribution in [0.25, 0.3) is 0 Å². The van der Waals surface area contributed by atoms with Crippen molar-refractivity contribution >= 4 is 0 Å². The zero-order valence-electron chi connectivity index (χ0n) is 12.5. The quantitative estimate of drug-likeness (QED) is 0.841. The van der Waals surface area contributed by atoms with Crippen molar-refractivity contribution in [3.63, 3.8) is 0 Å². The number of methoxy groups -OCH3 is 2. The topological polar surface area (TPSA) is 39.7 Å². The first-order valence-corrected chi connectivity index (χ1v) is 6.36. The summed E-state index contributed by atoms with van der Waals surface area (Å²) >= 11 is 0. The molecule has 1 aromatic rings. The lowest BCUT2D eigenvalue weighted by molar-refractivity contribution is -0.175. The van der Waals surface area contributed by atoms with Crippen LogP contribution >= 0.6 is 0 Å². The van der Waals surface area contributed by atoms with Crippen molar-refractivity contribution in [2.24, 2.45) is 0 Å². The molecule has 0 fully saturated rings. The van der Waals surface area contributed by atoms with Gasteiger partial charge >= 0.3 is 6.18 Å². The fourth-order valence-corrected chi connectivity index (χ4v) is 1.99. The van der Waals surface area contributed by atoms with Gasteiger partial charge in [0.15, 0.2) is 11.5 Å². The molecule has 0 saturated carbocycles. The minimum absolute atomic E-state index is 0.0909. The maximum absolute atomic E-state index is 12.1. The van der Waals surface area contributed by atoms with Crippen LogP contribution < -0.4 is 14.8 Å². The fourth-order valence-electron chi connectivity index (χ4n) is 1.99. The lowest BCUT2D eigenvalue weighted by Gasteiger charge is -2.21. The molecule has 1 rings (SSSR count). The highest BCUT2D eigenvalue weighted by molar-refractivity contribution is 5.48. The zero-order chi connectivity index (χ0) is 16.0. The van der Waals surface area contributed by atoms with Gasteiger partial charge in [-0.15, -0.1) is 0 Å². The van der Waals surface area contributed by atoms with E-state index in [9.17, 15) is 13.2 Å². The molecule has 0 amide bonds. The van der Waals surface area contributed by atoms with E-state index in [0.29, 0.717) is 11.5 Å². The van der Waals surface area contributed by atoms with Gasteiger partial charge in [0.25, 0.3) is 0 Å². The number of alkyl halides is 3. The van der Waals surface area contributed by atoms with Crippen LogP contribution in [0.2, 0.25) is 0 Å². The fraction of sp³-hybridized carbons (Fsp3) is 0.571. The predicted octanol–water partition coefficient (Wildman–Crippen LogP) is 2.85. The summed E-state index contributed by atoms with van der Waals surface area (Å²) in [4.78, 5) is 0. The molecule has 21 heavy (non-hydrogen) atoms. The molecule has 0 spiro atoms. The summed E-state index contributed by atoms with van der Waals surface area (Å²) in [6.45, 7) is 0.495. The average Bonchev–Trinajstić information content (AvgIpc) is 2.42. The summed E-state index contributed by atoms with van der Waals surface area (Å²) in [6.07, 6.45) is -4.33. The van der Waals surface area contributed by atoms with Crippen molar-refractivity contribution in [1.29, 1.82) is 0 Å². The van der Waals surface area contributed by atoms with E-state index < -0.39 is 12.8 Å². The summed E-state index contributed by atoms with van der Waals surface area (Å²) in [7, 11) is 4.70. The summed E-state index contributed by atoms with van der Waals surface area (Å²) in [5.74, 6) is 1.10. The number of halogens is 3. The Morgan fingerprint density at radius 2 is 1.71 bits per heavy atom. The molecule has 0 aromatic heterocycles. The standard InChI is InChI=1S/C14H20F3NO3/c1-9-5-12(19-3)13(20-4)6-10(9)11(18-2)7-21-8-14(15,16)17/h5-6,11,18H,7-8H2,1-4H3. The Bertz CT molecular complexity index is 464. The van der Waals surface area contributed by atoms with Gasteiger partial charge in [-0.05, 0) is 37.2 Å². The summed E-state index contributed by atoms with van der Waals surface area (Å²) in [5.41, 5.74) is 1.68. The first-order chi connectivity index (χ1) is 9.82. The van der Waals surface area contributed by atoms with Crippen molar-refractivity contribution in [1.82, 2.24) is 5.32 Å². The molecule has 4 nitrogen and oxygen atoms in total. The first-order valence-electron chi connectivity index (χ1n) is 6.36. The predicted molar refractivity (Wildman–Crippen MR) is 73.0 cm³/mol. The van der Waals surface area contributed by atoms with Gasteiger partial charge in [-0.3, -0.25) is 0 Å². The third-order valence-electron chi connectivity index (χ3n) is 3.05. The number of ether oxygens (including phenoxy) is 3. The van der Waals surface area contributed by atoms with Gasteiger partial charge in [0, 0.05) is 0 Å². The number of hydrogen-bond donors (Lipinski definition) is 1. The van der Waals surface area contributed by atoms with E-state index in [1.165, 1.54) is 14.2 Å². The SMILES string of the molecule is CNC(COCC(F)(F)F)c1cc(OC)c(OC)cc1C. The molecule has 0 bridgehead atoms. The minimum atomic E-state index is -4.33. The molecule has 1 aromatic carbocycles. The number of rotatable bonds is 7. The molecule has 1 N–H and O–H groups in total. The second-order valence-electron chi connectivity index (χ2n) is 4.54. The second kappa shape index (κ2) is 7.51. The van der Waals surface area contributed by atoms with Crippen LogP contribution in [0.4, 0.5) is 13.2 Å². The Hall–Kier alpha value is -1.47. The molecule has 0 heterocycles. The average molecular weight is 307 g/mol. The number of aryl methyl sites for hydroxylation is 1. The van der Waals surface area contributed by atoms with E-state index >= 15 is 0 Å². The molecule has 1 atom stereocenters. The summed E-state index contributed by atoms with van der Waals surface area (Å²) < 4.78 is 51.5. The Labute approximate surface area is 122 Å². The number of likely N-dealkylation sites (N-methyl/N-ethyl adjacent to an activating group) is 1. The van der Waals surface area contributed by atoms with Crippen molar-refractivity contribution < 1.29 is 27.4 Å². The van der Waals surface area contributed by atoms with Gasteiger partial charge in [-0.2, -0.15) is 13.2 Å². The molecule has 0 saturated heterocycles. The molecule has 0 aliphatic carbocycles. The third kappa shape index (κ3) is 5.09. The highest BCUT2D eigenvalue weighted by Crippen LogP contribution is 2.33. The Morgan fingerprint density at radius 3 is 2.19 bits per heavy atom. The van der Waals surface area contributed by atoms with Crippen LogP contribution in [-0.2, 0) is 4.74 Å². The summed E-state index contributed by atoms with van der Waals surface area (Å²) in [6, 6.07) is 3.15. The van der Waals surface area contributed by atoms with E-state index in [1.54, 1.807) is 19.2 Å². The maximum atomic E-state index is 12.1. The maximum Gasteiger partial charge on any atom is 0.411 e. The largest absolute Gasteiger partial charge is 0.493 e. The molecular weight excluding hydrogens is 287 g/mol. The zero-order valence-corrected chi connectivity index (χ0v) is 12.5. The normalized spacial score (nSPS) is 13.1. The lowest BCUT2D eigenvalue weighted by atomic mass is 10.0. The van der Waals surface area contributed by atoms with Gasteiger partial charge in [0.05, 0.1) is 26.9 Å². The van der Waals surface area contributed by atoms with Crippen LogP contribution in [0.3, 0.4) is 0 Å². The van der Waals surface area contributed by atoms with Gasteiger partial charge < -0.3 is 19.5 Å². The first kappa shape index (κ1) is 17.6. The molecule has 7 heteroatoms. The second-order valence-corrected chi connectivity index (χ2v) is 4.54. The van der Waals surface area contributed by atoms with Crippen molar-refractivity contribution in [3.05, 3.63) is 23.3 Å². The van der Waals surface area contributed by atoms with Crippen LogP contribution in [0.5, 0.6) is 11.5 Å². The van der Waals surface area contributed by atoms with E-state index in [1.807, 2.05) is 6.92 Å². The number of nitrogens with one attached hydrogen (secondary N) is 1. The smallest absolute Gasteiger partial charge is 0.411 e. The van der Waals surface area contributed by atoms with Crippen LogP contribution in [0, 0.1) is 6.92 Å². The van der Waals surface area contributed by atoms with Gasteiger partial charge in [-0.1, -0.05) is 0 Å². The highest BCUT2D eigenvalue weighted by atomic mass is 19.4. The molecule has 120 valence electrons. The van der Waals surface area contributed by atoms with Crippen molar-refractivity contribution in [2.45, 2.75) is 19.1 Å². The Kier molecular flexibility index (Phi) is 6.29. The van der Waals surface area contributed by atoms with E-state index in [-0.39, 0.29) is 12.6 Å². The number of benzene rings is 1. The van der Waals surface area contributed by atoms with E-state index in [4.69, 9.17) is 14.2 Å². The monoisotopic (exact) mass is 307 g/mol. The van der Waals surface area contributed by atoms with E-state index in [2.05, 4.69) is 5.32 Å². The molecular formula is C14H20F3NO3. The van der Waals surface area contributed by atoms with Crippen LogP contribution in [0.15, 0.2) is 12.1 Å². The lowest BCUT2D eigenvalue weighted by Crippen LogP contribution is -2.26. The Balaban J connectivity index is 2.89. The van der Waals surface area contributed by atoms with Crippen molar-refractivity contribution in [2.75, 3.05) is 34.5 Å². The minimum Gasteiger partial charge on any atom is -0.493 e. The summed E-state index contributed by atoms with van der Waals surface area (Å²) in [5, 5.41) is 2.95. The van der Waals surface area contributed by atoms with Gasteiger partial charge in [-0.25, -0.2) is 0 Å². The van der Waals surface area contributed by atoms with Crippen molar-refractivity contribution in [3.8, 4) is 11.5 Å². The molecule has 0 aliphatic rings. The Morgan fingerprint density at radius 1 is 1.14 bits per heavy atom.